The largest absolute Gasteiger partial charge is 0.493 e. The molecule has 1 aromatic rings. The summed E-state index contributed by atoms with van der Waals surface area (Å²) in [6.45, 7) is 5.90. The van der Waals surface area contributed by atoms with Gasteiger partial charge in [0.25, 0.3) is 5.91 Å². The SMILES string of the molecule is CCOc1ccccc1C(=O)NCC(=O)N1CCO[C@H](C)C1. The molecule has 1 atom stereocenters. The van der Waals surface area contributed by atoms with Crippen molar-refractivity contribution < 1.29 is 19.1 Å². The van der Waals surface area contributed by atoms with Gasteiger partial charge in [-0.05, 0) is 26.0 Å². The first-order valence-corrected chi connectivity index (χ1v) is 7.51. The number of benzene rings is 1. The van der Waals surface area contributed by atoms with E-state index in [4.69, 9.17) is 9.47 Å². The second-order valence-corrected chi connectivity index (χ2v) is 5.13. The van der Waals surface area contributed by atoms with Crippen LogP contribution >= 0.6 is 0 Å². The Kier molecular flexibility index (Phi) is 5.77. The number of nitrogens with one attached hydrogen (secondary N) is 1. The maximum absolute atomic E-state index is 12.2. The highest BCUT2D eigenvalue weighted by atomic mass is 16.5. The molecule has 0 unspecified atom stereocenters. The zero-order chi connectivity index (χ0) is 15.9. The van der Waals surface area contributed by atoms with Crippen LogP contribution in [0.2, 0.25) is 0 Å². The Balaban J connectivity index is 1.91. The lowest BCUT2D eigenvalue weighted by Gasteiger charge is -2.31. The van der Waals surface area contributed by atoms with Crippen LogP contribution in [0.4, 0.5) is 0 Å². The number of morpholine rings is 1. The molecule has 1 aromatic carbocycles. The van der Waals surface area contributed by atoms with E-state index in [0.29, 0.717) is 37.6 Å². The summed E-state index contributed by atoms with van der Waals surface area (Å²) in [6.07, 6.45) is 0.0343. The van der Waals surface area contributed by atoms with Crippen molar-refractivity contribution in [3.63, 3.8) is 0 Å². The number of carbonyl (C=O) groups excluding carboxylic acids is 2. The molecule has 0 aromatic heterocycles. The molecule has 0 bridgehead atoms. The third kappa shape index (κ3) is 4.21. The van der Waals surface area contributed by atoms with Gasteiger partial charge in [-0.3, -0.25) is 9.59 Å². The third-order valence-electron chi connectivity index (χ3n) is 3.43. The van der Waals surface area contributed by atoms with Crippen molar-refractivity contribution >= 4 is 11.8 Å². The highest BCUT2D eigenvalue weighted by molar-refractivity contribution is 5.98. The fourth-order valence-corrected chi connectivity index (χ4v) is 2.34. The molecule has 22 heavy (non-hydrogen) atoms. The lowest BCUT2D eigenvalue weighted by atomic mass is 10.2. The Morgan fingerprint density at radius 2 is 2.18 bits per heavy atom. The quantitative estimate of drug-likeness (QED) is 0.883. The lowest BCUT2D eigenvalue weighted by molar-refractivity contribution is -0.137. The van der Waals surface area contributed by atoms with Gasteiger partial charge in [0, 0.05) is 13.1 Å². The summed E-state index contributed by atoms with van der Waals surface area (Å²) in [5.41, 5.74) is 0.437. The van der Waals surface area contributed by atoms with E-state index in [-0.39, 0.29) is 24.5 Å². The molecule has 1 aliphatic rings. The van der Waals surface area contributed by atoms with Gasteiger partial charge in [-0.1, -0.05) is 12.1 Å². The molecule has 1 aliphatic heterocycles. The molecule has 6 nitrogen and oxygen atoms in total. The van der Waals surface area contributed by atoms with Crippen molar-refractivity contribution in [1.29, 1.82) is 0 Å². The zero-order valence-electron chi connectivity index (χ0n) is 13.0. The van der Waals surface area contributed by atoms with Crippen LogP contribution in [-0.2, 0) is 9.53 Å². The molecule has 0 spiro atoms. The van der Waals surface area contributed by atoms with E-state index in [1.807, 2.05) is 19.9 Å². The van der Waals surface area contributed by atoms with Crippen molar-refractivity contribution in [3.8, 4) is 5.75 Å². The summed E-state index contributed by atoms with van der Waals surface area (Å²) in [6, 6.07) is 7.00. The molecule has 2 amide bonds. The molecule has 2 rings (SSSR count). The molecule has 1 heterocycles. The van der Waals surface area contributed by atoms with Crippen molar-refractivity contribution in [2.75, 3.05) is 32.8 Å². The highest BCUT2D eigenvalue weighted by Gasteiger charge is 2.22. The van der Waals surface area contributed by atoms with Crippen LogP contribution in [0.25, 0.3) is 0 Å². The molecule has 0 radical (unpaired) electrons. The first-order chi connectivity index (χ1) is 10.6. The van der Waals surface area contributed by atoms with Gasteiger partial charge in [0.1, 0.15) is 5.75 Å². The average Bonchev–Trinajstić information content (AvgIpc) is 2.53. The summed E-state index contributed by atoms with van der Waals surface area (Å²) in [7, 11) is 0. The smallest absolute Gasteiger partial charge is 0.255 e. The van der Waals surface area contributed by atoms with Gasteiger partial charge in [0.05, 0.1) is 31.4 Å². The van der Waals surface area contributed by atoms with Gasteiger partial charge in [0.15, 0.2) is 0 Å². The first kappa shape index (κ1) is 16.3. The van der Waals surface area contributed by atoms with Crippen LogP contribution in [0.1, 0.15) is 24.2 Å². The number of amides is 2. The molecule has 6 heteroatoms. The summed E-state index contributed by atoms with van der Waals surface area (Å²) < 4.78 is 10.8. The van der Waals surface area contributed by atoms with Gasteiger partial charge in [-0.25, -0.2) is 0 Å². The Morgan fingerprint density at radius 1 is 1.41 bits per heavy atom. The fraction of sp³-hybridized carbons (Fsp3) is 0.500. The Labute approximate surface area is 130 Å². The van der Waals surface area contributed by atoms with Crippen molar-refractivity contribution in [2.45, 2.75) is 20.0 Å². The minimum Gasteiger partial charge on any atom is -0.493 e. The Morgan fingerprint density at radius 3 is 2.91 bits per heavy atom. The molecule has 0 aliphatic carbocycles. The van der Waals surface area contributed by atoms with Gasteiger partial charge in [0.2, 0.25) is 5.91 Å². The van der Waals surface area contributed by atoms with Gasteiger partial charge < -0.3 is 19.7 Å². The molecule has 1 N–H and O–H groups in total. The summed E-state index contributed by atoms with van der Waals surface area (Å²) in [4.78, 5) is 26.0. The van der Waals surface area contributed by atoms with E-state index >= 15 is 0 Å². The summed E-state index contributed by atoms with van der Waals surface area (Å²) >= 11 is 0. The minimum atomic E-state index is -0.307. The van der Waals surface area contributed by atoms with E-state index in [0.717, 1.165) is 0 Å². The average molecular weight is 306 g/mol. The topological polar surface area (TPSA) is 67.9 Å². The molecule has 1 fully saturated rings. The van der Waals surface area contributed by atoms with E-state index in [1.165, 1.54) is 0 Å². The highest BCUT2D eigenvalue weighted by Crippen LogP contribution is 2.17. The molecular weight excluding hydrogens is 284 g/mol. The number of hydrogen-bond acceptors (Lipinski definition) is 4. The molecule has 0 saturated carbocycles. The summed E-state index contributed by atoms with van der Waals surface area (Å²) in [5.74, 6) is 0.117. The standard InChI is InChI=1S/C16H22N2O4/c1-3-21-14-7-5-4-6-13(14)16(20)17-10-15(19)18-8-9-22-12(2)11-18/h4-7,12H,3,8-11H2,1-2H3,(H,17,20)/t12-/m1/s1. The van der Waals surface area contributed by atoms with Crippen LogP contribution < -0.4 is 10.1 Å². The van der Waals surface area contributed by atoms with Crippen LogP contribution in [0.3, 0.4) is 0 Å². The van der Waals surface area contributed by atoms with Crippen LogP contribution in [0.15, 0.2) is 24.3 Å². The van der Waals surface area contributed by atoms with Crippen LogP contribution in [0, 0.1) is 0 Å². The molecular formula is C16H22N2O4. The first-order valence-electron chi connectivity index (χ1n) is 7.51. The molecule has 1 saturated heterocycles. The second kappa shape index (κ2) is 7.79. The lowest BCUT2D eigenvalue weighted by Crippen LogP contribution is -2.48. The second-order valence-electron chi connectivity index (χ2n) is 5.13. The van der Waals surface area contributed by atoms with Crippen molar-refractivity contribution in [2.24, 2.45) is 0 Å². The van der Waals surface area contributed by atoms with Crippen molar-refractivity contribution in [3.05, 3.63) is 29.8 Å². The molecule has 120 valence electrons. The van der Waals surface area contributed by atoms with E-state index in [1.54, 1.807) is 23.1 Å². The Hall–Kier alpha value is -2.08. The van der Waals surface area contributed by atoms with Gasteiger partial charge in [-0.15, -0.1) is 0 Å². The summed E-state index contributed by atoms with van der Waals surface area (Å²) in [5, 5.41) is 2.66. The Bertz CT molecular complexity index is 533. The number of ether oxygens (including phenoxy) is 2. The number of carbonyl (C=O) groups is 2. The minimum absolute atomic E-state index is 0.0218. The predicted octanol–water partition coefficient (Wildman–Crippen LogP) is 1.06. The van der Waals surface area contributed by atoms with E-state index < -0.39 is 0 Å². The van der Waals surface area contributed by atoms with Gasteiger partial charge >= 0.3 is 0 Å². The number of para-hydroxylation sites is 1. The maximum atomic E-state index is 12.2. The van der Waals surface area contributed by atoms with Crippen molar-refractivity contribution in [1.82, 2.24) is 10.2 Å². The number of nitrogens with zero attached hydrogens (tertiary/aromatic N) is 1. The number of hydrogen-bond donors (Lipinski definition) is 1. The zero-order valence-corrected chi connectivity index (χ0v) is 13.0. The van der Waals surface area contributed by atoms with E-state index in [2.05, 4.69) is 5.32 Å². The monoisotopic (exact) mass is 306 g/mol. The predicted molar refractivity (Wildman–Crippen MR) is 81.9 cm³/mol. The van der Waals surface area contributed by atoms with E-state index in [9.17, 15) is 9.59 Å². The normalized spacial score (nSPS) is 17.9. The van der Waals surface area contributed by atoms with Crippen LogP contribution in [-0.4, -0.2) is 55.7 Å². The number of rotatable bonds is 5. The van der Waals surface area contributed by atoms with Crippen LogP contribution in [0.5, 0.6) is 5.75 Å². The maximum Gasteiger partial charge on any atom is 0.255 e. The van der Waals surface area contributed by atoms with Gasteiger partial charge in [-0.2, -0.15) is 0 Å². The fourth-order valence-electron chi connectivity index (χ4n) is 2.34. The third-order valence-corrected chi connectivity index (χ3v) is 3.43.